The second kappa shape index (κ2) is 8.19. The van der Waals surface area contributed by atoms with E-state index in [0.717, 1.165) is 5.56 Å². The Morgan fingerprint density at radius 1 is 0.962 bits per heavy atom. The van der Waals surface area contributed by atoms with Crippen LogP contribution < -0.4 is 5.32 Å². The second-order valence-electron chi connectivity index (χ2n) is 6.04. The van der Waals surface area contributed by atoms with Crippen LogP contribution >= 0.6 is 11.6 Å². The van der Waals surface area contributed by atoms with Crippen LogP contribution in [0.25, 0.3) is 0 Å². The Labute approximate surface area is 156 Å². The topological polar surface area (TPSA) is 52.7 Å². The average Bonchev–Trinajstić information content (AvgIpc) is 2.67. The largest absolute Gasteiger partial charge is 0.335 e. The van der Waals surface area contributed by atoms with Crippen molar-refractivity contribution in [3.63, 3.8) is 0 Å². The number of rotatable bonds is 3. The molecule has 0 saturated carbocycles. The van der Waals surface area contributed by atoms with Crippen molar-refractivity contribution in [2.24, 2.45) is 0 Å². The van der Waals surface area contributed by atoms with Crippen molar-refractivity contribution >= 4 is 23.5 Å². The van der Waals surface area contributed by atoms with Gasteiger partial charge in [0, 0.05) is 43.3 Å². The maximum Gasteiger partial charge on any atom is 0.317 e. The molecule has 1 aliphatic rings. The normalized spacial score (nSPS) is 14.2. The number of amides is 3. The van der Waals surface area contributed by atoms with E-state index in [4.69, 9.17) is 11.6 Å². The first kappa shape index (κ1) is 18.2. The van der Waals surface area contributed by atoms with E-state index in [9.17, 15) is 14.0 Å². The number of urea groups is 1. The molecule has 1 aliphatic heterocycles. The first-order chi connectivity index (χ1) is 12.5. The standard InChI is InChI=1S/C19H19ClFN3O2/c20-17-4-2-1-3-15(17)13-22-19(26)24-11-9-23(10-12-24)18(25)14-5-7-16(21)8-6-14/h1-8H,9-13H2,(H,22,26). The highest BCUT2D eigenvalue weighted by atomic mass is 35.5. The fourth-order valence-corrected chi connectivity index (χ4v) is 3.01. The van der Waals surface area contributed by atoms with Crippen LogP contribution in [0.2, 0.25) is 5.02 Å². The molecule has 3 amide bonds. The lowest BCUT2D eigenvalue weighted by molar-refractivity contribution is 0.0665. The van der Waals surface area contributed by atoms with Crippen LogP contribution in [-0.4, -0.2) is 47.9 Å². The van der Waals surface area contributed by atoms with E-state index in [1.807, 2.05) is 18.2 Å². The van der Waals surface area contributed by atoms with Crippen LogP contribution in [0.4, 0.5) is 9.18 Å². The molecule has 2 aromatic rings. The van der Waals surface area contributed by atoms with Crippen molar-refractivity contribution in [3.8, 4) is 0 Å². The highest BCUT2D eigenvalue weighted by Gasteiger charge is 2.24. The van der Waals surface area contributed by atoms with Crippen LogP contribution in [0.5, 0.6) is 0 Å². The van der Waals surface area contributed by atoms with Gasteiger partial charge in [0.15, 0.2) is 0 Å². The lowest BCUT2D eigenvalue weighted by Gasteiger charge is -2.34. The fourth-order valence-electron chi connectivity index (χ4n) is 2.81. The van der Waals surface area contributed by atoms with E-state index in [1.54, 1.807) is 15.9 Å². The van der Waals surface area contributed by atoms with Gasteiger partial charge in [-0.3, -0.25) is 4.79 Å². The highest BCUT2D eigenvalue weighted by molar-refractivity contribution is 6.31. The van der Waals surface area contributed by atoms with Crippen molar-refractivity contribution in [2.45, 2.75) is 6.54 Å². The third kappa shape index (κ3) is 4.32. The van der Waals surface area contributed by atoms with Gasteiger partial charge in [-0.1, -0.05) is 29.8 Å². The number of nitrogens with one attached hydrogen (secondary N) is 1. The maximum atomic E-state index is 13.0. The van der Waals surface area contributed by atoms with Gasteiger partial charge < -0.3 is 15.1 Å². The molecule has 26 heavy (non-hydrogen) atoms. The van der Waals surface area contributed by atoms with E-state index in [1.165, 1.54) is 24.3 Å². The highest BCUT2D eigenvalue weighted by Crippen LogP contribution is 2.15. The van der Waals surface area contributed by atoms with Crippen LogP contribution in [0.1, 0.15) is 15.9 Å². The van der Waals surface area contributed by atoms with Gasteiger partial charge in [0.25, 0.3) is 5.91 Å². The van der Waals surface area contributed by atoms with Gasteiger partial charge in [-0.15, -0.1) is 0 Å². The van der Waals surface area contributed by atoms with Gasteiger partial charge in [-0.2, -0.15) is 0 Å². The van der Waals surface area contributed by atoms with Gasteiger partial charge in [0.2, 0.25) is 0 Å². The van der Waals surface area contributed by atoms with Crippen LogP contribution in [-0.2, 0) is 6.54 Å². The molecule has 1 fully saturated rings. The molecule has 0 atom stereocenters. The first-order valence-electron chi connectivity index (χ1n) is 8.35. The summed E-state index contributed by atoms with van der Waals surface area (Å²) in [5.41, 5.74) is 1.30. The maximum absolute atomic E-state index is 13.0. The Morgan fingerprint density at radius 3 is 2.23 bits per heavy atom. The summed E-state index contributed by atoms with van der Waals surface area (Å²) in [5, 5.41) is 3.46. The van der Waals surface area contributed by atoms with Gasteiger partial charge in [-0.05, 0) is 35.9 Å². The predicted molar refractivity (Wildman–Crippen MR) is 97.6 cm³/mol. The number of halogens is 2. The molecule has 5 nitrogen and oxygen atoms in total. The lowest BCUT2D eigenvalue weighted by Crippen LogP contribution is -2.53. The zero-order valence-electron chi connectivity index (χ0n) is 14.1. The molecule has 3 rings (SSSR count). The van der Waals surface area contributed by atoms with E-state index in [2.05, 4.69) is 5.32 Å². The second-order valence-corrected chi connectivity index (χ2v) is 6.44. The van der Waals surface area contributed by atoms with Crippen molar-refractivity contribution in [1.82, 2.24) is 15.1 Å². The van der Waals surface area contributed by atoms with Crippen LogP contribution in [0, 0.1) is 5.82 Å². The summed E-state index contributed by atoms with van der Waals surface area (Å²) in [6, 6.07) is 12.7. The summed E-state index contributed by atoms with van der Waals surface area (Å²) in [4.78, 5) is 28.0. The Kier molecular flexibility index (Phi) is 5.73. The lowest BCUT2D eigenvalue weighted by atomic mass is 10.2. The molecule has 0 radical (unpaired) electrons. The molecule has 0 aromatic heterocycles. The fraction of sp³-hybridized carbons (Fsp3) is 0.263. The van der Waals surface area contributed by atoms with Gasteiger partial charge in [-0.25, -0.2) is 9.18 Å². The van der Waals surface area contributed by atoms with E-state index >= 15 is 0 Å². The van der Waals surface area contributed by atoms with Crippen LogP contribution in [0.15, 0.2) is 48.5 Å². The average molecular weight is 376 g/mol. The summed E-state index contributed by atoms with van der Waals surface area (Å²) in [6.45, 7) is 2.13. The SMILES string of the molecule is O=C(NCc1ccccc1Cl)N1CCN(C(=O)c2ccc(F)cc2)CC1. The number of piperazine rings is 1. The van der Waals surface area contributed by atoms with Crippen molar-refractivity contribution in [2.75, 3.05) is 26.2 Å². The molecule has 1 N–H and O–H groups in total. The summed E-state index contributed by atoms with van der Waals surface area (Å²) >= 11 is 6.08. The number of carbonyl (C=O) groups excluding carboxylic acids is 2. The number of hydrogen-bond donors (Lipinski definition) is 1. The van der Waals surface area contributed by atoms with Crippen molar-refractivity contribution < 1.29 is 14.0 Å². The quantitative estimate of drug-likeness (QED) is 0.896. The van der Waals surface area contributed by atoms with Gasteiger partial charge in [0.1, 0.15) is 5.82 Å². The van der Waals surface area contributed by atoms with Gasteiger partial charge >= 0.3 is 6.03 Å². The minimum Gasteiger partial charge on any atom is -0.335 e. The molecule has 7 heteroatoms. The number of benzene rings is 2. The minimum absolute atomic E-state index is 0.152. The van der Waals surface area contributed by atoms with E-state index < -0.39 is 0 Å². The Bertz CT molecular complexity index is 790. The predicted octanol–water partition coefficient (Wildman–Crippen LogP) is 3.15. The van der Waals surface area contributed by atoms with Crippen LogP contribution in [0.3, 0.4) is 0 Å². The first-order valence-corrected chi connectivity index (χ1v) is 8.73. The molecule has 0 bridgehead atoms. The Morgan fingerprint density at radius 2 is 1.58 bits per heavy atom. The third-order valence-electron chi connectivity index (χ3n) is 4.33. The zero-order chi connectivity index (χ0) is 18.5. The molecule has 136 valence electrons. The minimum atomic E-state index is -0.374. The smallest absolute Gasteiger partial charge is 0.317 e. The molecule has 1 saturated heterocycles. The molecular formula is C19H19ClFN3O2. The Balaban J connectivity index is 1.50. The molecule has 1 heterocycles. The van der Waals surface area contributed by atoms with Crippen molar-refractivity contribution in [1.29, 1.82) is 0 Å². The van der Waals surface area contributed by atoms with Crippen molar-refractivity contribution in [3.05, 3.63) is 70.5 Å². The summed E-state index contributed by atoms with van der Waals surface area (Å²) in [5.74, 6) is -0.525. The van der Waals surface area contributed by atoms with Gasteiger partial charge in [0.05, 0.1) is 0 Å². The van der Waals surface area contributed by atoms with E-state index in [-0.39, 0.29) is 17.8 Å². The summed E-state index contributed by atoms with van der Waals surface area (Å²) in [6.07, 6.45) is 0. The van der Waals surface area contributed by atoms with E-state index in [0.29, 0.717) is 43.3 Å². The summed E-state index contributed by atoms with van der Waals surface area (Å²) in [7, 11) is 0. The molecule has 0 spiro atoms. The number of nitrogens with zero attached hydrogens (tertiary/aromatic N) is 2. The monoisotopic (exact) mass is 375 g/mol. The molecule has 0 aliphatic carbocycles. The number of carbonyl (C=O) groups is 2. The summed E-state index contributed by atoms with van der Waals surface area (Å²) < 4.78 is 13.0. The third-order valence-corrected chi connectivity index (χ3v) is 4.70. The zero-order valence-corrected chi connectivity index (χ0v) is 14.9. The molecular weight excluding hydrogens is 357 g/mol. The molecule has 0 unspecified atom stereocenters. The Hall–Kier alpha value is -2.60. The molecule has 2 aromatic carbocycles. The number of hydrogen-bond acceptors (Lipinski definition) is 2.